The van der Waals surface area contributed by atoms with Crippen LogP contribution in [0.5, 0.6) is 0 Å². The summed E-state index contributed by atoms with van der Waals surface area (Å²) in [5.41, 5.74) is 8.41. The lowest BCUT2D eigenvalue weighted by Crippen LogP contribution is -2.10. The molecule has 12 rings (SSSR count). The summed E-state index contributed by atoms with van der Waals surface area (Å²) in [6.07, 6.45) is 0. The lowest BCUT2D eigenvalue weighted by Gasteiger charge is -2.28. The number of thiophene rings is 2. The molecule has 0 spiro atoms. The van der Waals surface area contributed by atoms with Crippen molar-refractivity contribution < 1.29 is 0 Å². The van der Waals surface area contributed by atoms with Crippen molar-refractivity contribution in [1.29, 1.82) is 0 Å². The van der Waals surface area contributed by atoms with E-state index >= 15 is 0 Å². The second-order valence-corrected chi connectivity index (χ2v) is 17.0. The van der Waals surface area contributed by atoms with Crippen LogP contribution in [0.1, 0.15) is 0 Å². The SMILES string of the molecule is c1ccc2cc(-c3ccc(N(c4ccc(-c5ccc6ccc7ccccc7c6c5)c5c4sc4ccccc45)c4cccc5sc6ccccc6c45)cc3)ccc2c1. The molecule has 266 valence electrons. The van der Waals surface area contributed by atoms with Gasteiger partial charge < -0.3 is 4.90 Å². The zero-order chi connectivity index (χ0) is 37.5. The largest absolute Gasteiger partial charge is 0.308 e. The topological polar surface area (TPSA) is 3.24 Å². The van der Waals surface area contributed by atoms with Crippen LogP contribution in [-0.2, 0) is 0 Å². The number of benzene rings is 10. The van der Waals surface area contributed by atoms with Gasteiger partial charge >= 0.3 is 0 Å². The van der Waals surface area contributed by atoms with E-state index in [4.69, 9.17) is 0 Å². The first kappa shape index (κ1) is 32.5. The van der Waals surface area contributed by atoms with Gasteiger partial charge in [-0.3, -0.25) is 0 Å². The fourth-order valence-corrected chi connectivity index (χ4v) is 11.3. The molecule has 0 atom stereocenters. The van der Waals surface area contributed by atoms with Crippen molar-refractivity contribution >= 4 is 112 Å². The van der Waals surface area contributed by atoms with Gasteiger partial charge in [0.1, 0.15) is 0 Å². The van der Waals surface area contributed by atoms with Gasteiger partial charge in [-0.05, 0) is 109 Å². The molecule has 2 aromatic heterocycles. The fourth-order valence-electron chi connectivity index (χ4n) is 8.92. The maximum Gasteiger partial charge on any atom is 0.0641 e. The van der Waals surface area contributed by atoms with Gasteiger partial charge in [0.2, 0.25) is 0 Å². The highest BCUT2D eigenvalue weighted by Gasteiger charge is 2.23. The summed E-state index contributed by atoms with van der Waals surface area (Å²) in [5.74, 6) is 0. The molecular formula is C54H33NS2. The molecule has 1 nitrogen and oxygen atoms in total. The van der Waals surface area contributed by atoms with E-state index in [1.54, 1.807) is 0 Å². The van der Waals surface area contributed by atoms with Crippen LogP contribution in [0.4, 0.5) is 17.1 Å². The molecule has 0 bridgehead atoms. The Kier molecular flexibility index (Phi) is 7.34. The molecule has 0 aliphatic carbocycles. The Hall–Kier alpha value is -6.78. The van der Waals surface area contributed by atoms with E-state index in [0.717, 1.165) is 5.69 Å². The molecule has 10 aromatic carbocycles. The Balaban J connectivity index is 1.11. The summed E-state index contributed by atoms with van der Waals surface area (Å²) >= 11 is 3.76. The normalized spacial score (nSPS) is 11.9. The van der Waals surface area contributed by atoms with Gasteiger partial charge in [-0.25, -0.2) is 0 Å². The fraction of sp³-hybridized carbons (Fsp3) is 0. The third kappa shape index (κ3) is 5.20. The number of hydrogen-bond acceptors (Lipinski definition) is 3. The lowest BCUT2D eigenvalue weighted by atomic mass is 9.94. The molecule has 12 aromatic rings. The zero-order valence-electron chi connectivity index (χ0n) is 30.8. The Labute approximate surface area is 337 Å². The molecule has 0 saturated heterocycles. The van der Waals surface area contributed by atoms with E-state index in [1.165, 1.54) is 106 Å². The maximum absolute atomic E-state index is 2.51. The molecular weight excluding hydrogens is 727 g/mol. The molecule has 0 fully saturated rings. The second-order valence-electron chi connectivity index (χ2n) is 14.8. The monoisotopic (exact) mass is 759 g/mol. The first-order chi connectivity index (χ1) is 28.2. The van der Waals surface area contributed by atoms with E-state index in [0.29, 0.717) is 0 Å². The van der Waals surface area contributed by atoms with Gasteiger partial charge in [-0.2, -0.15) is 0 Å². The number of fused-ring (bicyclic) bond motifs is 10. The minimum Gasteiger partial charge on any atom is -0.308 e. The van der Waals surface area contributed by atoms with E-state index < -0.39 is 0 Å². The number of hydrogen-bond donors (Lipinski definition) is 0. The standard InChI is InChI=1S/C54H33NS2/c1-2-12-38-32-39(24-20-34(38)10-1)35-26-28-41(29-27-35)55(47-16-9-19-51-53(47)45-15-6-7-17-49(45)56-51)48-31-30-43(52-44-14-5-8-18-50(44)57-54(48)52)40-25-23-37-22-21-36-11-3-4-13-42(36)46(37)33-40/h1-33H. The minimum absolute atomic E-state index is 1.13. The average molecular weight is 760 g/mol. The van der Waals surface area contributed by atoms with Crippen LogP contribution in [0.15, 0.2) is 200 Å². The molecule has 0 saturated carbocycles. The van der Waals surface area contributed by atoms with Crippen LogP contribution in [0.25, 0.3) is 94.9 Å². The summed E-state index contributed by atoms with van der Waals surface area (Å²) in [7, 11) is 0. The van der Waals surface area contributed by atoms with Gasteiger partial charge in [0.05, 0.1) is 16.1 Å². The van der Waals surface area contributed by atoms with Gasteiger partial charge in [0, 0.05) is 41.3 Å². The van der Waals surface area contributed by atoms with E-state index in [1.807, 2.05) is 22.7 Å². The van der Waals surface area contributed by atoms with Gasteiger partial charge in [-0.15, -0.1) is 22.7 Å². The first-order valence-electron chi connectivity index (χ1n) is 19.4. The molecule has 0 amide bonds. The zero-order valence-corrected chi connectivity index (χ0v) is 32.4. The summed E-state index contributed by atoms with van der Waals surface area (Å²) in [4.78, 5) is 2.51. The molecule has 0 aliphatic rings. The highest BCUT2D eigenvalue weighted by molar-refractivity contribution is 7.26. The molecule has 2 heterocycles. The highest BCUT2D eigenvalue weighted by Crippen LogP contribution is 2.51. The summed E-state index contributed by atoms with van der Waals surface area (Å²) in [6, 6.07) is 74.0. The van der Waals surface area contributed by atoms with Crippen LogP contribution in [-0.4, -0.2) is 0 Å². The van der Waals surface area contributed by atoms with E-state index in [9.17, 15) is 0 Å². The van der Waals surface area contributed by atoms with Gasteiger partial charge in [-0.1, -0.05) is 146 Å². The Morgan fingerprint density at radius 3 is 1.74 bits per heavy atom. The molecule has 0 radical (unpaired) electrons. The lowest BCUT2D eigenvalue weighted by molar-refractivity contribution is 1.32. The summed E-state index contributed by atoms with van der Waals surface area (Å²) in [6.45, 7) is 0. The van der Waals surface area contributed by atoms with Crippen molar-refractivity contribution in [1.82, 2.24) is 0 Å². The van der Waals surface area contributed by atoms with Crippen LogP contribution in [0.2, 0.25) is 0 Å². The number of nitrogens with zero attached hydrogens (tertiary/aromatic N) is 1. The number of anilines is 3. The quantitative estimate of drug-likeness (QED) is 0.158. The van der Waals surface area contributed by atoms with Gasteiger partial charge in [0.15, 0.2) is 0 Å². The maximum atomic E-state index is 2.51. The molecule has 57 heavy (non-hydrogen) atoms. The van der Waals surface area contributed by atoms with E-state index in [2.05, 4.69) is 205 Å². The van der Waals surface area contributed by atoms with Crippen molar-refractivity contribution in [3.05, 3.63) is 200 Å². The smallest absolute Gasteiger partial charge is 0.0641 e. The van der Waals surface area contributed by atoms with Crippen molar-refractivity contribution in [2.75, 3.05) is 4.90 Å². The number of rotatable bonds is 5. The molecule has 0 unspecified atom stereocenters. The summed E-state index contributed by atoms with van der Waals surface area (Å²) in [5, 5.41) is 12.8. The predicted octanol–water partition coefficient (Wildman–Crippen LogP) is 16.7. The molecule has 0 N–H and O–H groups in total. The first-order valence-corrected chi connectivity index (χ1v) is 21.0. The van der Waals surface area contributed by atoms with E-state index in [-0.39, 0.29) is 0 Å². The third-order valence-corrected chi connectivity index (χ3v) is 14.0. The van der Waals surface area contributed by atoms with Crippen LogP contribution in [0.3, 0.4) is 0 Å². The minimum atomic E-state index is 1.13. The van der Waals surface area contributed by atoms with Crippen molar-refractivity contribution in [3.8, 4) is 22.3 Å². The Morgan fingerprint density at radius 2 is 0.912 bits per heavy atom. The third-order valence-electron chi connectivity index (χ3n) is 11.6. The van der Waals surface area contributed by atoms with Crippen LogP contribution >= 0.6 is 22.7 Å². The van der Waals surface area contributed by atoms with Crippen LogP contribution < -0.4 is 4.90 Å². The second kappa shape index (κ2) is 12.9. The average Bonchev–Trinajstić information content (AvgIpc) is 3.86. The Bertz CT molecular complexity index is 3530. The van der Waals surface area contributed by atoms with Gasteiger partial charge in [0.25, 0.3) is 0 Å². The molecule has 3 heteroatoms. The van der Waals surface area contributed by atoms with Crippen molar-refractivity contribution in [3.63, 3.8) is 0 Å². The summed E-state index contributed by atoms with van der Waals surface area (Å²) < 4.78 is 5.16. The predicted molar refractivity (Wildman–Crippen MR) is 250 cm³/mol. The van der Waals surface area contributed by atoms with Crippen molar-refractivity contribution in [2.24, 2.45) is 0 Å². The Morgan fingerprint density at radius 1 is 0.316 bits per heavy atom. The highest BCUT2D eigenvalue weighted by atomic mass is 32.1. The van der Waals surface area contributed by atoms with Crippen molar-refractivity contribution in [2.45, 2.75) is 0 Å². The molecule has 0 aliphatic heterocycles. The van der Waals surface area contributed by atoms with Crippen LogP contribution in [0, 0.1) is 0 Å².